The molecule has 2 aromatic carbocycles. The summed E-state index contributed by atoms with van der Waals surface area (Å²) in [4.78, 5) is 37.8. The molecule has 10 heteroatoms. The monoisotopic (exact) mass is 537 g/mol. The minimum atomic E-state index is -0.156. The number of β-amino-alcohol motifs (C(OH)–C–C–N with tert-alkyl or cyclic N) is 1. The summed E-state index contributed by atoms with van der Waals surface area (Å²) >= 11 is 6.20. The van der Waals surface area contributed by atoms with Gasteiger partial charge in [0.2, 0.25) is 5.91 Å². The molecule has 2 aliphatic heterocycles. The maximum Gasteiger partial charge on any atom is 0.255 e. The maximum absolute atomic E-state index is 13.9. The molecule has 200 valence electrons. The Bertz CT molecular complexity index is 1340. The molecule has 3 heterocycles. The largest absolute Gasteiger partial charge is 0.495 e. The Kier molecular flexibility index (Phi) is 8.09. The van der Waals surface area contributed by atoms with Crippen LogP contribution in [0.4, 0.5) is 5.69 Å². The summed E-state index contributed by atoms with van der Waals surface area (Å²) in [5, 5.41) is 13.4. The van der Waals surface area contributed by atoms with Crippen molar-refractivity contribution in [2.75, 3.05) is 64.8 Å². The van der Waals surface area contributed by atoms with Crippen molar-refractivity contribution in [1.29, 1.82) is 0 Å². The molecule has 0 bridgehead atoms. The van der Waals surface area contributed by atoms with Crippen molar-refractivity contribution in [2.24, 2.45) is 0 Å². The Balaban J connectivity index is 1.36. The predicted molar refractivity (Wildman–Crippen MR) is 147 cm³/mol. The summed E-state index contributed by atoms with van der Waals surface area (Å²) in [5.41, 5.74) is 3.93. The fourth-order valence-electron chi connectivity index (χ4n) is 5.25. The van der Waals surface area contributed by atoms with Crippen LogP contribution in [-0.4, -0.2) is 96.1 Å². The Morgan fingerprint density at radius 3 is 2.61 bits per heavy atom. The zero-order valence-electron chi connectivity index (χ0n) is 21.5. The highest BCUT2D eigenvalue weighted by atomic mass is 35.5. The Morgan fingerprint density at radius 2 is 1.87 bits per heavy atom. The van der Waals surface area contributed by atoms with Gasteiger partial charge < -0.3 is 20.1 Å². The number of para-hydroxylation sites is 1. The zero-order chi connectivity index (χ0) is 26.6. The third-order valence-corrected chi connectivity index (χ3v) is 7.51. The van der Waals surface area contributed by atoms with Crippen molar-refractivity contribution in [3.05, 3.63) is 64.3 Å². The van der Waals surface area contributed by atoms with E-state index < -0.39 is 0 Å². The van der Waals surface area contributed by atoms with Crippen molar-refractivity contribution in [3.8, 4) is 5.75 Å². The van der Waals surface area contributed by atoms with Crippen LogP contribution in [0.3, 0.4) is 0 Å². The minimum absolute atomic E-state index is 0.00248. The van der Waals surface area contributed by atoms with Crippen LogP contribution in [-0.2, 0) is 17.8 Å². The summed E-state index contributed by atoms with van der Waals surface area (Å²) in [7, 11) is 1.54. The number of aliphatic hydroxyl groups is 1. The lowest BCUT2D eigenvalue weighted by atomic mass is 9.94. The van der Waals surface area contributed by atoms with Crippen LogP contribution in [0, 0.1) is 0 Å². The third kappa shape index (κ3) is 5.61. The van der Waals surface area contributed by atoms with Gasteiger partial charge in [-0.05, 0) is 24.3 Å². The van der Waals surface area contributed by atoms with Crippen LogP contribution in [0.25, 0.3) is 10.9 Å². The van der Waals surface area contributed by atoms with Crippen molar-refractivity contribution >= 4 is 40.0 Å². The van der Waals surface area contributed by atoms with Gasteiger partial charge in [-0.3, -0.25) is 24.4 Å². The molecule has 2 N–H and O–H groups in total. The van der Waals surface area contributed by atoms with E-state index in [2.05, 4.69) is 15.1 Å². The third-order valence-electron chi connectivity index (χ3n) is 7.22. The Hall–Kier alpha value is -3.24. The van der Waals surface area contributed by atoms with Gasteiger partial charge in [-0.15, -0.1) is 0 Å². The molecular weight excluding hydrogens is 506 g/mol. The van der Waals surface area contributed by atoms with Gasteiger partial charge in [-0.25, -0.2) is 0 Å². The van der Waals surface area contributed by atoms with E-state index in [1.807, 2.05) is 29.2 Å². The number of aromatic nitrogens is 1. The van der Waals surface area contributed by atoms with Gasteiger partial charge in [0, 0.05) is 74.6 Å². The van der Waals surface area contributed by atoms with E-state index in [-0.39, 0.29) is 25.0 Å². The number of hydrogen-bond donors (Lipinski definition) is 2. The second-order valence-electron chi connectivity index (χ2n) is 9.64. The first-order chi connectivity index (χ1) is 18.5. The standard InChI is InChI=1S/C28H32ClN5O4/c1-38-25-7-6-19(16-22(25)29)30-26(36)18-33-9-8-24-21(17-33)27(20-4-2-3-5-23(20)31-24)28(37)34-12-10-32(11-13-34)14-15-35/h2-7,16,35H,8-15,17-18H2,1H3,(H,30,36). The van der Waals surface area contributed by atoms with Crippen LogP contribution in [0.2, 0.25) is 5.02 Å². The summed E-state index contributed by atoms with van der Waals surface area (Å²) in [6.45, 7) is 4.75. The first-order valence-electron chi connectivity index (χ1n) is 12.9. The van der Waals surface area contributed by atoms with Gasteiger partial charge in [0.15, 0.2) is 0 Å². The molecule has 1 fully saturated rings. The average molecular weight is 538 g/mol. The van der Waals surface area contributed by atoms with Crippen LogP contribution in [0.15, 0.2) is 42.5 Å². The smallest absolute Gasteiger partial charge is 0.255 e. The van der Waals surface area contributed by atoms with E-state index >= 15 is 0 Å². The van der Waals surface area contributed by atoms with Crippen LogP contribution in [0.5, 0.6) is 5.75 Å². The summed E-state index contributed by atoms with van der Waals surface area (Å²) < 4.78 is 5.18. The number of pyridine rings is 1. The van der Waals surface area contributed by atoms with E-state index in [0.717, 1.165) is 35.2 Å². The summed E-state index contributed by atoms with van der Waals surface area (Å²) in [6, 6.07) is 12.9. The number of hydrogen-bond acceptors (Lipinski definition) is 7. The van der Waals surface area contributed by atoms with Gasteiger partial charge in [0.05, 0.1) is 36.4 Å². The number of carbonyl (C=O) groups is 2. The first-order valence-corrected chi connectivity index (χ1v) is 13.2. The van der Waals surface area contributed by atoms with Gasteiger partial charge in [0.25, 0.3) is 5.91 Å². The van der Waals surface area contributed by atoms with Gasteiger partial charge in [-0.1, -0.05) is 29.8 Å². The molecule has 2 amide bonds. The Labute approximate surface area is 226 Å². The highest BCUT2D eigenvalue weighted by Gasteiger charge is 2.30. The predicted octanol–water partition coefficient (Wildman–Crippen LogP) is 2.64. The lowest BCUT2D eigenvalue weighted by molar-refractivity contribution is -0.117. The van der Waals surface area contributed by atoms with E-state index in [0.29, 0.717) is 61.2 Å². The number of ether oxygens (including phenoxy) is 1. The van der Waals surface area contributed by atoms with Crippen molar-refractivity contribution in [3.63, 3.8) is 0 Å². The summed E-state index contributed by atoms with van der Waals surface area (Å²) in [5.74, 6) is 0.392. The molecule has 0 radical (unpaired) electrons. The molecule has 3 aromatic rings. The molecule has 5 rings (SSSR count). The number of piperazine rings is 1. The van der Waals surface area contributed by atoms with Crippen LogP contribution >= 0.6 is 11.6 Å². The fourth-order valence-corrected chi connectivity index (χ4v) is 5.50. The molecule has 0 spiro atoms. The van der Waals surface area contributed by atoms with Crippen molar-refractivity contribution < 1.29 is 19.4 Å². The number of amides is 2. The zero-order valence-corrected chi connectivity index (χ0v) is 22.2. The van der Waals surface area contributed by atoms with Crippen LogP contribution in [0.1, 0.15) is 21.6 Å². The van der Waals surface area contributed by atoms with Crippen molar-refractivity contribution in [2.45, 2.75) is 13.0 Å². The van der Waals surface area contributed by atoms with Gasteiger partial charge >= 0.3 is 0 Å². The quantitative estimate of drug-likeness (QED) is 0.478. The maximum atomic E-state index is 13.9. The number of aliphatic hydroxyl groups excluding tert-OH is 1. The number of nitrogens with one attached hydrogen (secondary N) is 1. The fraction of sp³-hybridized carbons (Fsp3) is 0.393. The second-order valence-corrected chi connectivity index (χ2v) is 10.1. The lowest BCUT2D eigenvalue weighted by Crippen LogP contribution is -2.49. The van der Waals surface area contributed by atoms with E-state index in [1.165, 1.54) is 0 Å². The molecule has 0 saturated carbocycles. The number of nitrogens with zero attached hydrogens (tertiary/aromatic N) is 4. The van der Waals surface area contributed by atoms with E-state index in [1.54, 1.807) is 25.3 Å². The highest BCUT2D eigenvalue weighted by Crippen LogP contribution is 2.30. The molecule has 9 nitrogen and oxygen atoms in total. The number of halogens is 1. The van der Waals surface area contributed by atoms with Crippen molar-refractivity contribution in [1.82, 2.24) is 19.7 Å². The highest BCUT2D eigenvalue weighted by molar-refractivity contribution is 6.32. The molecule has 1 saturated heterocycles. The molecule has 38 heavy (non-hydrogen) atoms. The summed E-state index contributed by atoms with van der Waals surface area (Å²) in [6.07, 6.45) is 0.659. The first kappa shape index (κ1) is 26.4. The second kappa shape index (κ2) is 11.7. The average Bonchev–Trinajstić information content (AvgIpc) is 2.92. The van der Waals surface area contributed by atoms with Gasteiger partial charge in [0.1, 0.15) is 5.75 Å². The molecule has 2 aliphatic rings. The molecule has 0 unspecified atom stereocenters. The normalized spacial score (nSPS) is 16.3. The molecule has 0 aliphatic carbocycles. The molecular formula is C28H32ClN5O4. The molecule has 0 atom stereocenters. The topological polar surface area (TPSA) is 98.2 Å². The number of methoxy groups -OCH3 is 1. The van der Waals surface area contributed by atoms with Crippen LogP contribution < -0.4 is 10.1 Å². The van der Waals surface area contributed by atoms with E-state index in [9.17, 15) is 14.7 Å². The number of carbonyl (C=O) groups excluding carboxylic acids is 2. The number of fused-ring (bicyclic) bond motifs is 2. The lowest BCUT2D eigenvalue weighted by Gasteiger charge is -2.36. The number of benzene rings is 2. The Morgan fingerprint density at radius 1 is 1.08 bits per heavy atom. The van der Waals surface area contributed by atoms with E-state index in [4.69, 9.17) is 21.3 Å². The number of anilines is 1. The minimum Gasteiger partial charge on any atom is -0.495 e. The SMILES string of the molecule is COc1ccc(NC(=O)CN2CCc3nc4ccccc4c(C(=O)N4CCN(CCO)CC4)c3C2)cc1Cl. The van der Waals surface area contributed by atoms with Gasteiger partial charge in [-0.2, -0.15) is 0 Å². The molecule has 1 aromatic heterocycles. The number of rotatable bonds is 7.